The van der Waals surface area contributed by atoms with Gasteiger partial charge in [-0.2, -0.15) is 0 Å². The van der Waals surface area contributed by atoms with Gasteiger partial charge in [0.1, 0.15) is 10.8 Å². The predicted molar refractivity (Wildman–Crippen MR) is 76.5 cm³/mol. The van der Waals surface area contributed by atoms with Crippen LogP contribution in [0.3, 0.4) is 0 Å². The molecule has 0 atom stereocenters. The van der Waals surface area contributed by atoms with E-state index in [0.29, 0.717) is 12.4 Å². The van der Waals surface area contributed by atoms with Crippen LogP contribution in [0.15, 0.2) is 24.3 Å². The Morgan fingerprint density at radius 3 is 2.85 bits per heavy atom. The minimum atomic E-state index is -0.214. The molecule has 0 aliphatic carbocycles. The number of aromatic amines is 1. The molecule has 2 aromatic heterocycles. The van der Waals surface area contributed by atoms with Gasteiger partial charge < -0.3 is 4.90 Å². The van der Waals surface area contributed by atoms with E-state index in [4.69, 9.17) is 0 Å². The highest BCUT2D eigenvalue weighted by molar-refractivity contribution is 7.18. The van der Waals surface area contributed by atoms with Crippen LogP contribution in [0.5, 0.6) is 0 Å². The van der Waals surface area contributed by atoms with Crippen molar-refractivity contribution in [2.24, 2.45) is 0 Å². The van der Waals surface area contributed by atoms with E-state index in [1.54, 1.807) is 30.2 Å². The molecule has 0 aliphatic heterocycles. The monoisotopic (exact) mass is 287 g/mol. The largest absolute Gasteiger partial charge is 0.332 e. The maximum absolute atomic E-state index is 12.1. The third-order valence-corrected chi connectivity index (χ3v) is 3.87. The zero-order valence-corrected chi connectivity index (χ0v) is 11.9. The fourth-order valence-corrected chi connectivity index (χ4v) is 2.89. The van der Waals surface area contributed by atoms with Crippen LogP contribution >= 0.6 is 11.3 Å². The van der Waals surface area contributed by atoms with Crippen molar-refractivity contribution in [1.82, 2.24) is 25.1 Å². The molecule has 3 aromatic rings. The highest BCUT2D eigenvalue weighted by Gasteiger charge is 2.17. The van der Waals surface area contributed by atoms with E-state index in [0.717, 1.165) is 15.2 Å². The van der Waals surface area contributed by atoms with Gasteiger partial charge in [0.25, 0.3) is 5.91 Å². The number of hydrogen-bond acceptors (Lipinski definition) is 5. The zero-order chi connectivity index (χ0) is 14.1. The number of aryl methyl sites for hydroxylation is 1. The molecule has 0 unspecified atom stereocenters. The van der Waals surface area contributed by atoms with Crippen molar-refractivity contribution in [1.29, 1.82) is 0 Å². The van der Waals surface area contributed by atoms with Gasteiger partial charge in [0, 0.05) is 7.05 Å². The maximum atomic E-state index is 12.1. The number of amides is 1. The standard InChI is InChI=1S/C13H13N5OS/c1-8-14-12(17-16-8)13(19)18(2)7-11-15-9-5-3-4-6-10(9)20-11/h3-6H,7H2,1-2H3,(H,14,16,17). The number of benzene rings is 1. The van der Waals surface area contributed by atoms with Crippen molar-refractivity contribution in [3.63, 3.8) is 0 Å². The Hall–Kier alpha value is -2.28. The topological polar surface area (TPSA) is 74.8 Å². The molecule has 0 radical (unpaired) electrons. The molecular formula is C13H13N5OS. The first-order valence-corrected chi connectivity index (χ1v) is 6.94. The van der Waals surface area contributed by atoms with Gasteiger partial charge in [-0.1, -0.05) is 12.1 Å². The molecule has 0 aliphatic rings. The SMILES string of the molecule is Cc1nc(C(=O)N(C)Cc2nc3ccccc3s2)n[nH]1. The van der Waals surface area contributed by atoms with Crippen molar-refractivity contribution < 1.29 is 4.79 Å². The Balaban J connectivity index is 1.78. The van der Waals surface area contributed by atoms with Gasteiger partial charge in [0.15, 0.2) is 0 Å². The fourth-order valence-electron chi connectivity index (χ4n) is 1.87. The molecule has 1 amide bonds. The van der Waals surface area contributed by atoms with E-state index >= 15 is 0 Å². The molecule has 0 fully saturated rings. The molecule has 20 heavy (non-hydrogen) atoms. The van der Waals surface area contributed by atoms with Crippen molar-refractivity contribution in [3.05, 3.63) is 40.9 Å². The van der Waals surface area contributed by atoms with Crippen LogP contribution in [0, 0.1) is 6.92 Å². The first kappa shape index (κ1) is 12.7. The summed E-state index contributed by atoms with van der Waals surface area (Å²) in [6.45, 7) is 2.21. The number of carbonyl (C=O) groups excluding carboxylic acids is 1. The predicted octanol–water partition coefficient (Wildman–Crippen LogP) is 2.00. The van der Waals surface area contributed by atoms with E-state index in [2.05, 4.69) is 20.2 Å². The van der Waals surface area contributed by atoms with Gasteiger partial charge in [-0.05, 0) is 19.1 Å². The third kappa shape index (κ3) is 2.39. The van der Waals surface area contributed by atoms with E-state index in [1.165, 1.54) is 0 Å². The van der Waals surface area contributed by atoms with E-state index in [1.807, 2.05) is 24.3 Å². The molecule has 6 nitrogen and oxygen atoms in total. The molecule has 0 saturated carbocycles. The summed E-state index contributed by atoms with van der Waals surface area (Å²) in [5, 5.41) is 7.44. The summed E-state index contributed by atoms with van der Waals surface area (Å²) in [5.74, 6) is 0.599. The maximum Gasteiger partial charge on any atom is 0.293 e. The summed E-state index contributed by atoms with van der Waals surface area (Å²) >= 11 is 1.59. The molecular weight excluding hydrogens is 274 g/mol. The lowest BCUT2D eigenvalue weighted by Crippen LogP contribution is -2.27. The first-order valence-electron chi connectivity index (χ1n) is 6.12. The summed E-state index contributed by atoms with van der Waals surface area (Å²) in [4.78, 5) is 22.3. The normalized spacial score (nSPS) is 10.9. The second-order valence-corrected chi connectivity index (χ2v) is 5.60. The molecule has 0 saturated heterocycles. The van der Waals surface area contributed by atoms with Crippen molar-refractivity contribution >= 4 is 27.5 Å². The van der Waals surface area contributed by atoms with Crippen LogP contribution in [0.25, 0.3) is 10.2 Å². The number of nitrogens with zero attached hydrogens (tertiary/aromatic N) is 4. The second kappa shape index (κ2) is 5.01. The molecule has 0 bridgehead atoms. The van der Waals surface area contributed by atoms with Crippen LogP contribution in [0.2, 0.25) is 0 Å². The van der Waals surface area contributed by atoms with Crippen LogP contribution in [-0.2, 0) is 6.54 Å². The average Bonchev–Trinajstić information content (AvgIpc) is 3.03. The summed E-state index contributed by atoms with van der Waals surface area (Å²) in [7, 11) is 1.72. The summed E-state index contributed by atoms with van der Waals surface area (Å²) in [6, 6.07) is 7.93. The highest BCUT2D eigenvalue weighted by Crippen LogP contribution is 2.22. The number of carbonyl (C=O) groups is 1. The number of para-hydroxylation sites is 1. The number of fused-ring (bicyclic) bond motifs is 1. The number of H-pyrrole nitrogens is 1. The van der Waals surface area contributed by atoms with Crippen molar-refractivity contribution in [3.8, 4) is 0 Å². The minimum absolute atomic E-state index is 0.186. The van der Waals surface area contributed by atoms with Gasteiger partial charge in [0.2, 0.25) is 5.82 Å². The Labute approximate surface area is 119 Å². The molecule has 102 valence electrons. The second-order valence-electron chi connectivity index (χ2n) is 4.48. The molecule has 1 aromatic carbocycles. The van der Waals surface area contributed by atoms with Gasteiger partial charge in [-0.25, -0.2) is 9.97 Å². The summed E-state index contributed by atoms with van der Waals surface area (Å²) in [5.41, 5.74) is 0.960. The van der Waals surface area contributed by atoms with Gasteiger partial charge >= 0.3 is 0 Å². The lowest BCUT2D eigenvalue weighted by Gasteiger charge is -2.12. The van der Waals surface area contributed by atoms with E-state index in [-0.39, 0.29) is 11.7 Å². The van der Waals surface area contributed by atoms with Crippen LogP contribution in [0.1, 0.15) is 21.5 Å². The van der Waals surface area contributed by atoms with Gasteiger partial charge in [0.05, 0.1) is 16.8 Å². The van der Waals surface area contributed by atoms with E-state index < -0.39 is 0 Å². The molecule has 7 heteroatoms. The lowest BCUT2D eigenvalue weighted by atomic mass is 10.3. The Morgan fingerprint density at radius 2 is 2.15 bits per heavy atom. The average molecular weight is 287 g/mol. The van der Waals surface area contributed by atoms with Gasteiger partial charge in [-0.3, -0.25) is 9.89 Å². The fraction of sp³-hybridized carbons (Fsp3) is 0.231. The highest BCUT2D eigenvalue weighted by atomic mass is 32.1. The summed E-state index contributed by atoms with van der Waals surface area (Å²) in [6.07, 6.45) is 0. The molecule has 3 rings (SSSR count). The Morgan fingerprint density at radius 1 is 1.35 bits per heavy atom. The Kier molecular flexibility index (Phi) is 3.19. The molecule has 0 spiro atoms. The quantitative estimate of drug-likeness (QED) is 0.799. The minimum Gasteiger partial charge on any atom is -0.332 e. The number of hydrogen-bond donors (Lipinski definition) is 1. The number of thiazole rings is 1. The lowest BCUT2D eigenvalue weighted by molar-refractivity contribution is 0.0773. The van der Waals surface area contributed by atoms with Crippen LogP contribution in [-0.4, -0.2) is 38.0 Å². The zero-order valence-electron chi connectivity index (χ0n) is 11.1. The molecule has 2 heterocycles. The number of nitrogens with one attached hydrogen (secondary N) is 1. The first-order chi connectivity index (χ1) is 9.63. The van der Waals surface area contributed by atoms with Gasteiger partial charge in [-0.15, -0.1) is 16.4 Å². The van der Waals surface area contributed by atoms with Crippen molar-refractivity contribution in [2.75, 3.05) is 7.05 Å². The van der Waals surface area contributed by atoms with Crippen LogP contribution in [0.4, 0.5) is 0 Å². The van der Waals surface area contributed by atoms with Crippen molar-refractivity contribution in [2.45, 2.75) is 13.5 Å². The summed E-state index contributed by atoms with van der Waals surface area (Å²) < 4.78 is 1.12. The number of aromatic nitrogens is 4. The third-order valence-electron chi connectivity index (χ3n) is 2.85. The smallest absolute Gasteiger partial charge is 0.293 e. The molecule has 1 N–H and O–H groups in total. The number of rotatable bonds is 3. The Bertz CT molecular complexity index is 730. The van der Waals surface area contributed by atoms with E-state index in [9.17, 15) is 4.79 Å². The van der Waals surface area contributed by atoms with Crippen LogP contribution < -0.4 is 0 Å².